The Kier molecular flexibility index (Phi) is 14.5. The average Bonchev–Trinajstić information content (AvgIpc) is 0.727. The fourth-order valence-corrected chi connectivity index (χ4v) is 22.2. The molecule has 6 heteroatoms. The highest BCUT2D eigenvalue weighted by atomic mass is 32.1. The van der Waals surface area contributed by atoms with Crippen LogP contribution in [-0.4, -0.2) is 19.4 Å². The molecule has 15 aromatic carbocycles. The Morgan fingerprint density at radius 1 is 0.321 bits per heavy atom. The molecule has 3 nitrogen and oxygen atoms in total. The van der Waals surface area contributed by atoms with Gasteiger partial charge in [0.25, 0.3) is 6.71 Å². The molecular weight excluding hydrogens is 1310 g/mol. The maximum Gasteiger partial charge on any atom is 0.252 e. The van der Waals surface area contributed by atoms with Crippen molar-refractivity contribution in [1.82, 2.24) is 4.57 Å². The van der Waals surface area contributed by atoms with Crippen LogP contribution < -0.4 is 36.6 Å². The van der Waals surface area contributed by atoms with Crippen molar-refractivity contribution in [3.63, 3.8) is 0 Å². The molecule has 0 unspecified atom stereocenters. The van der Waals surface area contributed by atoms with Gasteiger partial charge in [-0.2, -0.15) is 0 Å². The minimum Gasteiger partial charge on any atom is -0.311 e. The van der Waals surface area contributed by atoms with E-state index >= 15 is 0 Å². The van der Waals surface area contributed by atoms with Crippen molar-refractivity contribution in [2.45, 2.75) is 65.5 Å². The molecule has 3 aliphatic rings. The first-order valence-corrected chi connectivity index (χ1v) is 41.2. The lowest BCUT2D eigenvalue weighted by Crippen LogP contribution is -2.61. The lowest BCUT2D eigenvalue weighted by Gasteiger charge is -2.45. The summed E-state index contributed by atoms with van der Waals surface area (Å²) in [5, 5.41) is 8.02. The standard InChI is InChI=1S/C100H78BN3SSi/c1-99(2,3)72-38-27-37-67(54-72)68-47-51-86-84(57-68)101-83-50-48-74(103-85-43-24-21-39-77(85)78-49-52-91-95(98(78)103)79-40-22-25-44-90(79)105-91)62-87(83)104(97-81(65-33-17-11-18-34-65)60-73(100(4,5)6)61-82(97)66-35-19-12-20-36-66)89-59-71(76-42-28-46-93-94(76)80-41-23-26-45-92(80)106(93,7)8)58-88(96(89)101)102(86)75-55-69(63-29-13-9-14-30-63)53-70(56-75)64-31-15-10-16-32-64/h9-62H,1-8H3. The zero-order chi connectivity index (χ0) is 71.5. The molecule has 20 rings (SSSR count). The van der Waals surface area contributed by atoms with Crippen molar-refractivity contribution in [1.29, 1.82) is 0 Å². The zero-order valence-corrected chi connectivity index (χ0v) is 62.8. The molecular formula is C100H78BN3SSi. The Bertz CT molecular complexity index is 6340. The second-order valence-corrected chi connectivity index (χ2v) is 37.4. The van der Waals surface area contributed by atoms with Crippen molar-refractivity contribution in [3.05, 3.63) is 339 Å². The van der Waals surface area contributed by atoms with Crippen LogP contribution in [-0.2, 0) is 10.8 Å². The SMILES string of the molecule is CC(C)(C)c1cccc(-c2ccc3c(c2)B2c4ccc(-n5c6ccccc6c6ccc7sc8ccccc8c7c65)cc4N(c4c(-c5ccccc5)cc(C(C)(C)C)cc4-c4ccccc4)c4cc(-c5cccc6c5-c5ccccc5[Si]6(C)C)cc(c42)N3c2cc(-c3ccccc3)cc(-c3ccccc3)c2)c1. The third-order valence-electron chi connectivity index (χ3n) is 23.2. The molecule has 0 bridgehead atoms. The monoisotopic (exact) mass is 1390 g/mol. The topological polar surface area (TPSA) is 11.4 Å². The van der Waals surface area contributed by atoms with Crippen LogP contribution in [0.4, 0.5) is 34.1 Å². The fraction of sp³-hybridized carbons (Fsp3) is 0.100. The van der Waals surface area contributed by atoms with Crippen molar-refractivity contribution in [3.8, 4) is 83.6 Å². The summed E-state index contributed by atoms with van der Waals surface area (Å²) in [6.07, 6.45) is 0. The van der Waals surface area contributed by atoms with E-state index in [1.54, 1.807) is 0 Å². The average molecular weight is 1390 g/mol. The van der Waals surface area contributed by atoms with Gasteiger partial charge in [-0.15, -0.1) is 11.3 Å². The minimum absolute atomic E-state index is 0.0594. The third-order valence-corrected chi connectivity index (χ3v) is 27.9. The number of rotatable bonds is 9. The Balaban J connectivity index is 0.980. The van der Waals surface area contributed by atoms with Crippen molar-refractivity contribution >= 4 is 129 Å². The summed E-state index contributed by atoms with van der Waals surface area (Å²) in [5.41, 5.74) is 33.2. The van der Waals surface area contributed by atoms with E-state index in [4.69, 9.17) is 0 Å². The van der Waals surface area contributed by atoms with E-state index in [1.165, 1.54) is 136 Å². The third kappa shape index (κ3) is 10.1. The first-order chi connectivity index (χ1) is 51.6. The normalized spacial score (nSPS) is 13.5. The molecule has 0 saturated heterocycles. The Labute approximate surface area is 626 Å². The van der Waals surface area contributed by atoms with Gasteiger partial charge in [-0.05, 0) is 194 Å². The zero-order valence-electron chi connectivity index (χ0n) is 61.0. The molecule has 0 atom stereocenters. The summed E-state index contributed by atoms with van der Waals surface area (Å²) < 4.78 is 5.18. The summed E-state index contributed by atoms with van der Waals surface area (Å²) in [7, 11) is -2.18. The molecule has 0 saturated carbocycles. The van der Waals surface area contributed by atoms with E-state index in [9.17, 15) is 0 Å². The lowest BCUT2D eigenvalue weighted by atomic mass is 9.33. The molecule has 0 radical (unpaired) electrons. The van der Waals surface area contributed by atoms with Crippen LogP contribution in [0.5, 0.6) is 0 Å². The number of aromatic nitrogens is 1. The van der Waals surface area contributed by atoms with Gasteiger partial charge in [-0.25, -0.2) is 0 Å². The van der Waals surface area contributed by atoms with Gasteiger partial charge in [0, 0.05) is 76.2 Å². The van der Waals surface area contributed by atoms with Crippen LogP contribution in [0.25, 0.3) is 126 Å². The van der Waals surface area contributed by atoms with Crippen LogP contribution in [0, 0.1) is 0 Å². The predicted molar refractivity (Wildman–Crippen MR) is 460 cm³/mol. The maximum absolute atomic E-state index is 2.77. The number of benzene rings is 15. The van der Waals surface area contributed by atoms with Crippen molar-refractivity contribution in [2.75, 3.05) is 9.80 Å². The Hall–Kier alpha value is -11.8. The van der Waals surface area contributed by atoms with E-state index in [1.807, 2.05) is 11.3 Å². The van der Waals surface area contributed by atoms with Crippen LogP contribution >= 0.6 is 11.3 Å². The Morgan fingerprint density at radius 2 is 0.887 bits per heavy atom. The Morgan fingerprint density at radius 3 is 1.57 bits per heavy atom. The summed E-state index contributed by atoms with van der Waals surface area (Å²) in [5.74, 6) is 0. The number of anilines is 6. The van der Waals surface area contributed by atoms with Gasteiger partial charge in [0.05, 0.1) is 16.7 Å². The van der Waals surface area contributed by atoms with Crippen LogP contribution in [0.1, 0.15) is 52.7 Å². The first kappa shape index (κ1) is 63.9. The summed E-state index contributed by atoms with van der Waals surface area (Å²) in [6.45, 7) is 18.9. The van der Waals surface area contributed by atoms with Gasteiger partial charge in [0.1, 0.15) is 8.07 Å². The molecule has 3 aliphatic heterocycles. The number of hydrogen-bond acceptors (Lipinski definition) is 3. The number of hydrogen-bond donors (Lipinski definition) is 0. The van der Waals surface area contributed by atoms with Crippen LogP contribution in [0.2, 0.25) is 13.1 Å². The van der Waals surface area contributed by atoms with Gasteiger partial charge in [-0.3, -0.25) is 0 Å². The highest BCUT2D eigenvalue weighted by Gasteiger charge is 2.47. The number of nitrogens with zero attached hydrogens (tertiary/aromatic N) is 3. The van der Waals surface area contributed by atoms with Gasteiger partial charge >= 0.3 is 0 Å². The van der Waals surface area contributed by atoms with E-state index in [0.717, 1.165) is 62.1 Å². The quantitative estimate of drug-likeness (QED) is 0.133. The molecule has 0 amide bonds. The summed E-state index contributed by atoms with van der Waals surface area (Å²) in [4.78, 5) is 5.44. The number of fused-ring (bicyclic) bond motifs is 14. The molecule has 0 fully saturated rings. The molecule has 0 aliphatic carbocycles. The first-order valence-electron chi connectivity index (χ1n) is 37.4. The maximum atomic E-state index is 2.77. The van der Waals surface area contributed by atoms with Gasteiger partial charge in [0.15, 0.2) is 0 Å². The van der Waals surface area contributed by atoms with Crippen LogP contribution in [0.3, 0.4) is 0 Å². The van der Waals surface area contributed by atoms with Crippen LogP contribution in [0.15, 0.2) is 328 Å². The predicted octanol–water partition coefficient (Wildman–Crippen LogP) is 24.6. The lowest BCUT2D eigenvalue weighted by molar-refractivity contribution is 0.590. The molecule has 106 heavy (non-hydrogen) atoms. The highest BCUT2D eigenvalue weighted by Crippen LogP contribution is 2.55. The highest BCUT2D eigenvalue weighted by molar-refractivity contribution is 7.26. The minimum atomic E-state index is -2.18. The number of thiophene rings is 1. The van der Waals surface area contributed by atoms with E-state index in [0.29, 0.717) is 0 Å². The largest absolute Gasteiger partial charge is 0.311 e. The number of para-hydroxylation sites is 1. The van der Waals surface area contributed by atoms with Gasteiger partial charge in [-0.1, -0.05) is 303 Å². The molecule has 506 valence electrons. The second kappa shape index (κ2) is 24.1. The summed E-state index contributed by atoms with van der Waals surface area (Å²) in [6, 6.07) is 126. The van der Waals surface area contributed by atoms with Crippen molar-refractivity contribution in [2.24, 2.45) is 0 Å². The smallest absolute Gasteiger partial charge is 0.252 e. The fourth-order valence-electron chi connectivity index (χ4n) is 18.0. The second-order valence-electron chi connectivity index (χ2n) is 32.0. The van der Waals surface area contributed by atoms with Gasteiger partial charge < -0.3 is 14.4 Å². The van der Waals surface area contributed by atoms with Crippen molar-refractivity contribution < 1.29 is 0 Å². The van der Waals surface area contributed by atoms with Gasteiger partial charge in [0.2, 0.25) is 0 Å². The molecule has 0 spiro atoms. The molecule has 5 heterocycles. The van der Waals surface area contributed by atoms with E-state index in [2.05, 4.69) is 397 Å². The van der Waals surface area contributed by atoms with E-state index in [-0.39, 0.29) is 17.5 Å². The molecule has 17 aromatic rings. The van der Waals surface area contributed by atoms with E-state index < -0.39 is 8.07 Å². The summed E-state index contributed by atoms with van der Waals surface area (Å²) >= 11 is 1.89. The molecule has 0 N–H and O–H groups in total. The molecule has 2 aromatic heterocycles.